The molecule has 3 nitrogen and oxygen atoms in total. The van der Waals surface area contributed by atoms with Crippen LogP contribution in [0.3, 0.4) is 0 Å². The lowest BCUT2D eigenvalue weighted by atomic mass is 9.88. The van der Waals surface area contributed by atoms with Crippen molar-refractivity contribution < 1.29 is 5.11 Å². The predicted molar refractivity (Wildman–Crippen MR) is 75.7 cm³/mol. The Morgan fingerprint density at radius 3 is 2.28 bits per heavy atom. The number of nitrogens with zero attached hydrogens (tertiary/aromatic N) is 1. The summed E-state index contributed by atoms with van der Waals surface area (Å²) in [6, 6.07) is 1.60. The molecule has 1 aliphatic carbocycles. The van der Waals surface area contributed by atoms with Crippen molar-refractivity contribution in [2.45, 2.75) is 64.0 Å². The summed E-state index contributed by atoms with van der Waals surface area (Å²) in [6.07, 6.45) is 9.08. The van der Waals surface area contributed by atoms with Gasteiger partial charge in [-0.2, -0.15) is 0 Å². The van der Waals surface area contributed by atoms with Gasteiger partial charge in [0.1, 0.15) is 0 Å². The van der Waals surface area contributed by atoms with Crippen LogP contribution in [0.25, 0.3) is 0 Å². The third-order valence-corrected chi connectivity index (χ3v) is 4.80. The van der Waals surface area contributed by atoms with Gasteiger partial charge in [-0.3, -0.25) is 0 Å². The number of aliphatic hydroxyl groups excluding tert-OH is 1. The van der Waals surface area contributed by atoms with Crippen molar-refractivity contribution >= 4 is 0 Å². The average molecular weight is 254 g/mol. The Morgan fingerprint density at radius 1 is 1.06 bits per heavy atom. The minimum absolute atomic E-state index is 0.390. The van der Waals surface area contributed by atoms with Crippen LogP contribution in [-0.2, 0) is 0 Å². The fourth-order valence-corrected chi connectivity index (χ4v) is 3.49. The Balaban J connectivity index is 1.67. The van der Waals surface area contributed by atoms with Crippen molar-refractivity contribution in [1.29, 1.82) is 0 Å². The normalized spacial score (nSPS) is 31.7. The fraction of sp³-hybridized carbons (Fsp3) is 1.00. The first kappa shape index (κ1) is 14.3. The lowest BCUT2D eigenvalue weighted by Crippen LogP contribution is -2.46. The molecule has 0 spiro atoms. The Hall–Kier alpha value is -0.120. The van der Waals surface area contributed by atoms with Gasteiger partial charge in [-0.1, -0.05) is 6.92 Å². The van der Waals surface area contributed by atoms with Gasteiger partial charge in [0.2, 0.25) is 0 Å². The summed E-state index contributed by atoms with van der Waals surface area (Å²) in [5, 5.41) is 12.8. The molecule has 2 fully saturated rings. The maximum absolute atomic E-state index is 9.18. The molecule has 106 valence electrons. The zero-order valence-corrected chi connectivity index (χ0v) is 11.9. The number of nitrogens with one attached hydrogen (secondary N) is 1. The zero-order chi connectivity index (χ0) is 12.8. The topological polar surface area (TPSA) is 35.5 Å². The highest BCUT2D eigenvalue weighted by Crippen LogP contribution is 2.27. The van der Waals surface area contributed by atoms with E-state index in [1.807, 2.05) is 0 Å². The van der Waals surface area contributed by atoms with Gasteiger partial charge < -0.3 is 15.3 Å². The van der Waals surface area contributed by atoms with Crippen LogP contribution in [0.15, 0.2) is 0 Å². The summed E-state index contributed by atoms with van der Waals surface area (Å²) in [4.78, 5) is 2.68. The zero-order valence-electron chi connectivity index (χ0n) is 11.9. The van der Waals surface area contributed by atoms with Crippen molar-refractivity contribution in [3.05, 3.63) is 0 Å². The van der Waals surface area contributed by atoms with Crippen molar-refractivity contribution in [2.24, 2.45) is 5.92 Å². The van der Waals surface area contributed by atoms with Gasteiger partial charge in [0.25, 0.3) is 0 Å². The molecular formula is C15H30N2O. The second-order valence-corrected chi connectivity index (χ2v) is 6.12. The summed E-state index contributed by atoms with van der Waals surface area (Å²) in [5.41, 5.74) is 0. The molecule has 0 aromatic rings. The first-order valence-corrected chi connectivity index (χ1v) is 7.91. The average Bonchev–Trinajstić information content (AvgIpc) is 2.46. The highest BCUT2D eigenvalue weighted by molar-refractivity contribution is 4.85. The fourth-order valence-electron chi connectivity index (χ4n) is 3.49. The van der Waals surface area contributed by atoms with E-state index in [9.17, 15) is 5.11 Å². The van der Waals surface area contributed by atoms with E-state index in [1.54, 1.807) is 0 Å². The molecule has 18 heavy (non-hydrogen) atoms. The standard InChI is InChI=1S/C15H30N2O/c1-2-9-16-14-3-5-15(6-4-14)17-10-7-13(12-18)8-11-17/h13-16,18H,2-12H2,1H3. The third-order valence-electron chi connectivity index (χ3n) is 4.80. The van der Waals surface area contributed by atoms with Gasteiger partial charge in [-0.15, -0.1) is 0 Å². The molecule has 1 saturated carbocycles. The van der Waals surface area contributed by atoms with E-state index in [-0.39, 0.29) is 0 Å². The highest BCUT2D eigenvalue weighted by Gasteiger charge is 2.28. The van der Waals surface area contributed by atoms with Crippen molar-refractivity contribution in [2.75, 3.05) is 26.2 Å². The highest BCUT2D eigenvalue weighted by atomic mass is 16.3. The number of hydrogen-bond acceptors (Lipinski definition) is 3. The van der Waals surface area contributed by atoms with E-state index in [2.05, 4.69) is 17.1 Å². The van der Waals surface area contributed by atoms with Crippen molar-refractivity contribution in [3.63, 3.8) is 0 Å². The van der Waals surface area contributed by atoms with Crippen LogP contribution in [0.4, 0.5) is 0 Å². The van der Waals surface area contributed by atoms with Gasteiger partial charge in [0.15, 0.2) is 0 Å². The number of rotatable bonds is 5. The Bertz CT molecular complexity index is 219. The molecule has 1 heterocycles. The quantitative estimate of drug-likeness (QED) is 0.788. The molecule has 2 N–H and O–H groups in total. The van der Waals surface area contributed by atoms with Crippen LogP contribution < -0.4 is 5.32 Å². The van der Waals surface area contributed by atoms with Crippen LogP contribution >= 0.6 is 0 Å². The molecule has 1 aliphatic heterocycles. The second kappa shape index (κ2) is 7.46. The van der Waals surface area contributed by atoms with Crippen LogP contribution in [0.1, 0.15) is 51.9 Å². The SMILES string of the molecule is CCCNC1CCC(N2CCC(CO)CC2)CC1. The van der Waals surface area contributed by atoms with Gasteiger partial charge in [-0.05, 0) is 70.5 Å². The minimum Gasteiger partial charge on any atom is -0.396 e. The Morgan fingerprint density at radius 2 is 1.72 bits per heavy atom. The first-order chi connectivity index (χ1) is 8.83. The van der Waals surface area contributed by atoms with E-state index in [1.165, 1.54) is 64.6 Å². The molecule has 0 unspecified atom stereocenters. The summed E-state index contributed by atoms with van der Waals surface area (Å²) in [6.45, 7) is 6.23. The molecule has 0 radical (unpaired) electrons. The minimum atomic E-state index is 0.390. The molecule has 0 aromatic carbocycles. The summed E-state index contributed by atoms with van der Waals surface area (Å²) in [7, 11) is 0. The molecule has 1 saturated heterocycles. The third kappa shape index (κ3) is 3.94. The van der Waals surface area contributed by atoms with Crippen LogP contribution in [0.5, 0.6) is 0 Å². The number of aliphatic hydroxyl groups is 1. The van der Waals surface area contributed by atoms with Crippen LogP contribution in [-0.4, -0.2) is 48.3 Å². The molecule has 0 atom stereocenters. The second-order valence-electron chi connectivity index (χ2n) is 6.12. The number of likely N-dealkylation sites (tertiary alicyclic amines) is 1. The monoisotopic (exact) mass is 254 g/mol. The first-order valence-electron chi connectivity index (χ1n) is 7.91. The Kier molecular flexibility index (Phi) is 5.93. The summed E-state index contributed by atoms with van der Waals surface area (Å²) >= 11 is 0. The largest absolute Gasteiger partial charge is 0.396 e. The summed E-state index contributed by atoms with van der Waals surface area (Å²) in [5.74, 6) is 0.573. The molecule has 2 rings (SSSR count). The van der Waals surface area contributed by atoms with Gasteiger partial charge in [0.05, 0.1) is 0 Å². The molecular weight excluding hydrogens is 224 g/mol. The smallest absolute Gasteiger partial charge is 0.0460 e. The van der Waals surface area contributed by atoms with Crippen molar-refractivity contribution in [3.8, 4) is 0 Å². The number of hydrogen-bond donors (Lipinski definition) is 2. The van der Waals surface area contributed by atoms with E-state index >= 15 is 0 Å². The molecule has 2 aliphatic rings. The van der Waals surface area contributed by atoms with E-state index < -0.39 is 0 Å². The lowest BCUT2D eigenvalue weighted by Gasteiger charge is -2.40. The van der Waals surface area contributed by atoms with Gasteiger partial charge in [-0.25, -0.2) is 0 Å². The summed E-state index contributed by atoms with van der Waals surface area (Å²) < 4.78 is 0. The van der Waals surface area contributed by atoms with Crippen molar-refractivity contribution in [1.82, 2.24) is 10.2 Å². The molecule has 0 amide bonds. The van der Waals surface area contributed by atoms with Gasteiger partial charge >= 0.3 is 0 Å². The van der Waals surface area contributed by atoms with E-state index in [0.29, 0.717) is 12.5 Å². The van der Waals surface area contributed by atoms with E-state index in [0.717, 1.165) is 12.1 Å². The molecule has 3 heteroatoms. The van der Waals surface area contributed by atoms with Gasteiger partial charge in [0, 0.05) is 18.7 Å². The number of piperidine rings is 1. The molecule has 0 aromatic heterocycles. The van der Waals surface area contributed by atoms with Crippen LogP contribution in [0, 0.1) is 5.92 Å². The maximum atomic E-state index is 9.18. The predicted octanol–water partition coefficient (Wildman–Crippen LogP) is 2.00. The Labute approximate surface area is 112 Å². The molecule has 0 bridgehead atoms. The van der Waals surface area contributed by atoms with E-state index in [4.69, 9.17) is 0 Å². The lowest BCUT2D eigenvalue weighted by molar-refractivity contribution is 0.0790. The maximum Gasteiger partial charge on any atom is 0.0460 e. The van der Waals surface area contributed by atoms with Crippen LogP contribution in [0.2, 0.25) is 0 Å².